The molecule has 1 aromatic carbocycles. The highest BCUT2D eigenvalue weighted by molar-refractivity contribution is 5.89. The number of hydrogen-bond donors (Lipinski definition) is 2. The molecule has 0 atom stereocenters. The Hall–Kier alpha value is -1.71. The fraction of sp³-hybridized carbons (Fsp3) is 0.533. The van der Waals surface area contributed by atoms with Crippen molar-refractivity contribution in [2.75, 3.05) is 12.3 Å². The number of aromatic amines is 1. The number of benzene rings is 1. The summed E-state index contributed by atoms with van der Waals surface area (Å²) < 4.78 is 5.84. The minimum absolute atomic E-state index is 0.545. The maximum absolute atomic E-state index is 5.84. The highest BCUT2D eigenvalue weighted by atomic mass is 16.5. The lowest BCUT2D eigenvalue weighted by Gasteiger charge is -2.21. The number of nitrogens with two attached hydrogens (primary N) is 1. The predicted octanol–water partition coefficient (Wildman–Crippen LogP) is 3.49. The van der Waals surface area contributed by atoms with Gasteiger partial charge in [-0.2, -0.15) is 5.10 Å². The minimum atomic E-state index is 0.545. The number of fused-ring (bicyclic) bond motifs is 1. The van der Waals surface area contributed by atoms with E-state index in [1.807, 2.05) is 18.2 Å². The first kappa shape index (κ1) is 12.3. The molecule has 102 valence electrons. The first-order valence-electron chi connectivity index (χ1n) is 7.19. The zero-order valence-corrected chi connectivity index (χ0v) is 11.2. The molecule has 0 bridgehead atoms. The predicted molar refractivity (Wildman–Crippen MR) is 77.2 cm³/mol. The third-order valence-electron chi connectivity index (χ3n) is 4.08. The molecular weight excluding hydrogens is 238 g/mol. The van der Waals surface area contributed by atoms with Crippen LogP contribution in [-0.2, 0) is 0 Å². The van der Waals surface area contributed by atoms with Crippen LogP contribution in [0.5, 0.6) is 5.75 Å². The van der Waals surface area contributed by atoms with Gasteiger partial charge in [0.1, 0.15) is 5.75 Å². The number of nitrogen functional groups attached to an aromatic ring is 1. The SMILES string of the molecule is Nc1n[nH]c2cc(OCCC3CCCCC3)ccc12. The molecule has 1 fully saturated rings. The van der Waals surface area contributed by atoms with Crippen molar-refractivity contribution >= 4 is 16.7 Å². The van der Waals surface area contributed by atoms with E-state index in [1.54, 1.807) is 0 Å². The van der Waals surface area contributed by atoms with Gasteiger partial charge in [0.2, 0.25) is 0 Å². The number of anilines is 1. The smallest absolute Gasteiger partial charge is 0.153 e. The molecule has 2 aromatic rings. The van der Waals surface area contributed by atoms with Crippen molar-refractivity contribution in [2.45, 2.75) is 38.5 Å². The van der Waals surface area contributed by atoms with Crippen molar-refractivity contribution in [3.05, 3.63) is 18.2 Å². The zero-order valence-electron chi connectivity index (χ0n) is 11.2. The fourth-order valence-electron chi connectivity index (χ4n) is 2.93. The Bertz CT molecular complexity index is 543. The molecule has 0 saturated heterocycles. The minimum Gasteiger partial charge on any atom is -0.494 e. The van der Waals surface area contributed by atoms with Crippen LogP contribution in [0.1, 0.15) is 38.5 Å². The first-order chi connectivity index (χ1) is 9.33. The molecule has 19 heavy (non-hydrogen) atoms. The maximum atomic E-state index is 5.84. The number of nitrogens with one attached hydrogen (secondary N) is 1. The van der Waals surface area contributed by atoms with Crippen LogP contribution in [0.2, 0.25) is 0 Å². The van der Waals surface area contributed by atoms with Gasteiger partial charge in [0, 0.05) is 11.5 Å². The average molecular weight is 259 g/mol. The van der Waals surface area contributed by atoms with Crippen LogP contribution in [0.15, 0.2) is 18.2 Å². The van der Waals surface area contributed by atoms with E-state index in [0.717, 1.165) is 29.2 Å². The number of ether oxygens (including phenoxy) is 1. The van der Waals surface area contributed by atoms with Gasteiger partial charge in [-0.25, -0.2) is 0 Å². The molecule has 0 spiro atoms. The van der Waals surface area contributed by atoms with Crippen LogP contribution in [0.25, 0.3) is 10.9 Å². The molecule has 1 aromatic heterocycles. The number of aromatic nitrogens is 2. The number of nitrogens with zero attached hydrogens (tertiary/aromatic N) is 1. The van der Waals surface area contributed by atoms with Crippen molar-refractivity contribution in [2.24, 2.45) is 5.92 Å². The first-order valence-corrected chi connectivity index (χ1v) is 7.19. The Kier molecular flexibility index (Phi) is 3.58. The lowest BCUT2D eigenvalue weighted by molar-refractivity contribution is 0.246. The van der Waals surface area contributed by atoms with Crippen LogP contribution in [-0.4, -0.2) is 16.8 Å². The zero-order chi connectivity index (χ0) is 13.1. The summed E-state index contributed by atoms with van der Waals surface area (Å²) in [5, 5.41) is 7.86. The van der Waals surface area contributed by atoms with E-state index in [4.69, 9.17) is 10.5 Å². The molecule has 0 unspecified atom stereocenters. The molecule has 1 heterocycles. The van der Waals surface area contributed by atoms with E-state index in [2.05, 4.69) is 10.2 Å². The summed E-state index contributed by atoms with van der Waals surface area (Å²) in [5.74, 6) is 2.30. The summed E-state index contributed by atoms with van der Waals surface area (Å²) >= 11 is 0. The highest BCUT2D eigenvalue weighted by Crippen LogP contribution is 2.27. The third-order valence-corrected chi connectivity index (χ3v) is 4.08. The third kappa shape index (κ3) is 2.83. The van der Waals surface area contributed by atoms with Gasteiger partial charge in [0.05, 0.1) is 12.1 Å². The second kappa shape index (κ2) is 5.51. The number of hydrogen-bond acceptors (Lipinski definition) is 3. The molecule has 3 N–H and O–H groups in total. The second-order valence-corrected chi connectivity index (χ2v) is 5.46. The Labute approximate surface area is 113 Å². The topological polar surface area (TPSA) is 63.9 Å². The molecular formula is C15H21N3O. The van der Waals surface area contributed by atoms with E-state index in [0.29, 0.717) is 5.82 Å². The molecule has 1 saturated carbocycles. The summed E-state index contributed by atoms with van der Waals surface area (Å²) in [5.41, 5.74) is 6.68. The van der Waals surface area contributed by atoms with E-state index in [-0.39, 0.29) is 0 Å². The average Bonchev–Trinajstić information content (AvgIpc) is 2.81. The second-order valence-electron chi connectivity index (χ2n) is 5.46. The van der Waals surface area contributed by atoms with Crippen LogP contribution in [0.3, 0.4) is 0 Å². The standard InChI is InChI=1S/C15H21N3O/c16-15-13-7-6-12(10-14(13)17-18-15)19-9-8-11-4-2-1-3-5-11/h6-7,10-11H,1-5,8-9H2,(H3,16,17,18). The van der Waals surface area contributed by atoms with Crippen molar-refractivity contribution in [1.29, 1.82) is 0 Å². The number of H-pyrrole nitrogens is 1. The fourth-order valence-corrected chi connectivity index (χ4v) is 2.93. The Morgan fingerprint density at radius 2 is 2.11 bits per heavy atom. The summed E-state index contributed by atoms with van der Waals surface area (Å²) in [7, 11) is 0. The summed E-state index contributed by atoms with van der Waals surface area (Å²) in [6, 6.07) is 5.90. The van der Waals surface area contributed by atoms with Crippen molar-refractivity contribution in [3.63, 3.8) is 0 Å². The van der Waals surface area contributed by atoms with Gasteiger partial charge in [-0.05, 0) is 24.5 Å². The lowest BCUT2D eigenvalue weighted by atomic mass is 9.87. The Balaban J connectivity index is 1.56. The van der Waals surface area contributed by atoms with Crippen molar-refractivity contribution in [3.8, 4) is 5.75 Å². The van der Waals surface area contributed by atoms with Crippen LogP contribution >= 0.6 is 0 Å². The van der Waals surface area contributed by atoms with Crippen LogP contribution in [0.4, 0.5) is 5.82 Å². The van der Waals surface area contributed by atoms with Gasteiger partial charge >= 0.3 is 0 Å². The van der Waals surface area contributed by atoms with Gasteiger partial charge in [0.25, 0.3) is 0 Å². The van der Waals surface area contributed by atoms with Gasteiger partial charge in [-0.15, -0.1) is 0 Å². The summed E-state index contributed by atoms with van der Waals surface area (Å²) in [4.78, 5) is 0. The Morgan fingerprint density at radius 3 is 2.95 bits per heavy atom. The molecule has 3 rings (SSSR count). The largest absolute Gasteiger partial charge is 0.494 e. The van der Waals surface area contributed by atoms with E-state index in [1.165, 1.54) is 38.5 Å². The van der Waals surface area contributed by atoms with Gasteiger partial charge in [-0.3, -0.25) is 5.10 Å². The molecule has 1 aliphatic rings. The molecule has 1 aliphatic carbocycles. The Morgan fingerprint density at radius 1 is 1.26 bits per heavy atom. The van der Waals surface area contributed by atoms with Gasteiger partial charge < -0.3 is 10.5 Å². The lowest BCUT2D eigenvalue weighted by Crippen LogP contribution is -2.10. The van der Waals surface area contributed by atoms with Crippen molar-refractivity contribution in [1.82, 2.24) is 10.2 Å². The quantitative estimate of drug-likeness (QED) is 0.883. The van der Waals surface area contributed by atoms with Gasteiger partial charge in [-0.1, -0.05) is 32.1 Å². The maximum Gasteiger partial charge on any atom is 0.153 e. The van der Waals surface area contributed by atoms with Crippen molar-refractivity contribution < 1.29 is 4.74 Å². The number of rotatable bonds is 4. The normalized spacial score (nSPS) is 16.8. The van der Waals surface area contributed by atoms with E-state index < -0.39 is 0 Å². The summed E-state index contributed by atoms with van der Waals surface area (Å²) in [6.07, 6.45) is 8.12. The molecule has 0 aliphatic heterocycles. The van der Waals surface area contributed by atoms with E-state index >= 15 is 0 Å². The van der Waals surface area contributed by atoms with E-state index in [9.17, 15) is 0 Å². The molecule has 4 heteroatoms. The van der Waals surface area contributed by atoms with Crippen LogP contribution in [0, 0.1) is 5.92 Å². The summed E-state index contributed by atoms with van der Waals surface area (Å²) in [6.45, 7) is 0.805. The van der Waals surface area contributed by atoms with Gasteiger partial charge in [0.15, 0.2) is 5.82 Å². The highest BCUT2D eigenvalue weighted by Gasteiger charge is 2.13. The molecule has 0 amide bonds. The molecule has 0 radical (unpaired) electrons. The molecule has 4 nitrogen and oxygen atoms in total. The van der Waals surface area contributed by atoms with Crippen LogP contribution < -0.4 is 10.5 Å². The monoisotopic (exact) mass is 259 g/mol.